The number of phenols is 2. The number of rotatable bonds is 2. The summed E-state index contributed by atoms with van der Waals surface area (Å²) >= 11 is 11.7. The minimum Gasteiger partial charge on any atom is -0.506 e. The predicted molar refractivity (Wildman–Crippen MR) is 79.8 cm³/mol. The molecule has 2 rings (SSSR count). The van der Waals surface area contributed by atoms with Crippen molar-refractivity contribution in [2.45, 2.75) is 6.92 Å². The van der Waals surface area contributed by atoms with E-state index in [-0.39, 0.29) is 11.5 Å². The fraction of sp³-hybridized carbons (Fsp3) is 0.0667. The van der Waals surface area contributed by atoms with Crippen LogP contribution in [0.25, 0.3) is 11.6 Å². The lowest BCUT2D eigenvalue weighted by molar-refractivity contribution is 0.475. The van der Waals surface area contributed by atoms with Gasteiger partial charge in [0.1, 0.15) is 11.5 Å². The van der Waals surface area contributed by atoms with E-state index in [2.05, 4.69) is 0 Å². The van der Waals surface area contributed by atoms with Crippen LogP contribution in [-0.2, 0) is 0 Å². The number of aromatic hydroxyl groups is 2. The smallest absolute Gasteiger partial charge is 0.134 e. The zero-order valence-electron chi connectivity index (χ0n) is 10.2. The molecule has 0 saturated heterocycles. The molecule has 0 saturated carbocycles. The summed E-state index contributed by atoms with van der Waals surface area (Å²) in [5.74, 6) is 0.120. The highest BCUT2D eigenvalue weighted by atomic mass is 35.5. The lowest BCUT2D eigenvalue weighted by atomic mass is 10.0. The third kappa shape index (κ3) is 3.22. The van der Waals surface area contributed by atoms with Gasteiger partial charge in [0.15, 0.2) is 0 Å². The topological polar surface area (TPSA) is 40.5 Å². The molecule has 2 aromatic carbocycles. The Kier molecular flexibility index (Phi) is 4.03. The molecule has 0 aliphatic rings. The first-order valence-corrected chi connectivity index (χ1v) is 6.38. The molecule has 0 spiro atoms. The molecule has 0 heterocycles. The third-order valence-electron chi connectivity index (χ3n) is 2.76. The summed E-state index contributed by atoms with van der Waals surface area (Å²) in [6.07, 6.45) is 1.92. The van der Waals surface area contributed by atoms with Crippen LogP contribution in [-0.4, -0.2) is 10.2 Å². The van der Waals surface area contributed by atoms with Crippen molar-refractivity contribution in [3.63, 3.8) is 0 Å². The average Bonchev–Trinajstić information content (AvgIpc) is 2.37. The van der Waals surface area contributed by atoms with Crippen LogP contribution in [0.15, 0.2) is 36.4 Å². The van der Waals surface area contributed by atoms with Gasteiger partial charge in [-0.15, -0.1) is 0 Å². The molecule has 0 amide bonds. The molecule has 0 radical (unpaired) electrons. The van der Waals surface area contributed by atoms with Crippen LogP contribution in [0.4, 0.5) is 0 Å². The Morgan fingerprint density at radius 2 is 1.53 bits per heavy atom. The Morgan fingerprint density at radius 3 is 2.11 bits per heavy atom. The summed E-state index contributed by atoms with van der Waals surface area (Å²) in [5, 5.41) is 19.4. The van der Waals surface area contributed by atoms with E-state index in [1.807, 2.05) is 13.0 Å². The second-order valence-electron chi connectivity index (χ2n) is 4.20. The quantitative estimate of drug-likeness (QED) is 0.768. The SMILES string of the molecule is CC(=Cc1ccc(O)c(Cl)c1)c1ccc(O)c(Cl)c1. The van der Waals surface area contributed by atoms with Crippen LogP contribution in [0.1, 0.15) is 18.1 Å². The van der Waals surface area contributed by atoms with E-state index in [4.69, 9.17) is 23.2 Å². The van der Waals surface area contributed by atoms with Gasteiger partial charge in [0.25, 0.3) is 0 Å². The van der Waals surface area contributed by atoms with E-state index < -0.39 is 0 Å². The van der Waals surface area contributed by atoms with Gasteiger partial charge in [-0.3, -0.25) is 0 Å². The molecule has 19 heavy (non-hydrogen) atoms. The van der Waals surface area contributed by atoms with Crippen molar-refractivity contribution in [2.75, 3.05) is 0 Å². The molecule has 0 bridgehead atoms. The van der Waals surface area contributed by atoms with Gasteiger partial charge in [0, 0.05) is 0 Å². The van der Waals surface area contributed by atoms with Gasteiger partial charge in [-0.25, -0.2) is 0 Å². The third-order valence-corrected chi connectivity index (χ3v) is 3.36. The molecule has 0 aliphatic heterocycles. The van der Waals surface area contributed by atoms with Crippen molar-refractivity contribution >= 4 is 34.9 Å². The zero-order valence-corrected chi connectivity index (χ0v) is 11.7. The van der Waals surface area contributed by atoms with Gasteiger partial charge in [-0.05, 0) is 47.9 Å². The molecule has 0 unspecified atom stereocenters. The van der Waals surface area contributed by atoms with E-state index in [1.54, 1.807) is 36.4 Å². The molecule has 0 atom stereocenters. The summed E-state index contributed by atoms with van der Waals surface area (Å²) in [4.78, 5) is 0. The molecule has 0 fully saturated rings. The highest BCUT2D eigenvalue weighted by Gasteiger charge is 2.03. The van der Waals surface area contributed by atoms with Crippen LogP contribution in [0.2, 0.25) is 10.0 Å². The first-order chi connectivity index (χ1) is 8.97. The van der Waals surface area contributed by atoms with Crippen molar-refractivity contribution in [3.8, 4) is 11.5 Å². The molecular weight excluding hydrogens is 283 g/mol. The number of hydrogen-bond acceptors (Lipinski definition) is 2. The Balaban J connectivity index is 2.36. The molecular formula is C15H12Cl2O2. The van der Waals surface area contributed by atoms with Gasteiger partial charge in [-0.2, -0.15) is 0 Å². The standard InChI is InChI=1S/C15H12Cl2O2/c1-9(11-3-5-15(19)13(17)8-11)6-10-2-4-14(18)12(16)7-10/h2-8,18-19H,1H3. The zero-order chi connectivity index (χ0) is 14.0. The van der Waals surface area contributed by atoms with Gasteiger partial charge in [0.2, 0.25) is 0 Å². The molecule has 4 heteroatoms. The monoisotopic (exact) mass is 294 g/mol. The lowest BCUT2D eigenvalue weighted by Gasteiger charge is -2.05. The van der Waals surface area contributed by atoms with Crippen molar-refractivity contribution < 1.29 is 10.2 Å². The highest BCUT2D eigenvalue weighted by molar-refractivity contribution is 6.32. The Morgan fingerprint density at radius 1 is 0.947 bits per heavy atom. The van der Waals surface area contributed by atoms with Crippen LogP contribution in [0, 0.1) is 0 Å². The maximum atomic E-state index is 9.39. The minimum atomic E-state index is 0.0594. The molecule has 98 valence electrons. The molecule has 0 aliphatic carbocycles. The summed E-state index contributed by atoms with van der Waals surface area (Å²) in [6, 6.07) is 10.0. The second kappa shape index (κ2) is 5.55. The molecule has 2 nitrogen and oxygen atoms in total. The van der Waals surface area contributed by atoms with Crippen molar-refractivity contribution in [1.29, 1.82) is 0 Å². The van der Waals surface area contributed by atoms with Gasteiger partial charge in [-0.1, -0.05) is 41.4 Å². The maximum absolute atomic E-state index is 9.39. The Bertz CT molecular complexity index is 649. The number of halogens is 2. The highest BCUT2D eigenvalue weighted by Crippen LogP contribution is 2.29. The van der Waals surface area contributed by atoms with Crippen LogP contribution in [0.5, 0.6) is 11.5 Å². The summed E-state index contributed by atoms with van der Waals surface area (Å²) in [6.45, 7) is 1.93. The van der Waals surface area contributed by atoms with E-state index in [1.165, 1.54) is 0 Å². The van der Waals surface area contributed by atoms with E-state index >= 15 is 0 Å². The minimum absolute atomic E-state index is 0.0594. The van der Waals surface area contributed by atoms with Crippen LogP contribution < -0.4 is 0 Å². The number of benzene rings is 2. The van der Waals surface area contributed by atoms with Crippen molar-refractivity contribution in [3.05, 3.63) is 57.6 Å². The number of phenolic OH excluding ortho intramolecular Hbond substituents is 2. The van der Waals surface area contributed by atoms with Crippen molar-refractivity contribution in [2.24, 2.45) is 0 Å². The molecule has 2 aromatic rings. The van der Waals surface area contributed by atoms with Gasteiger partial charge < -0.3 is 10.2 Å². The lowest BCUT2D eigenvalue weighted by Crippen LogP contribution is -1.81. The first kappa shape index (κ1) is 13.8. The summed E-state index contributed by atoms with van der Waals surface area (Å²) < 4.78 is 0. The van der Waals surface area contributed by atoms with E-state index in [0.717, 1.165) is 16.7 Å². The largest absolute Gasteiger partial charge is 0.506 e. The van der Waals surface area contributed by atoms with Crippen molar-refractivity contribution in [1.82, 2.24) is 0 Å². The van der Waals surface area contributed by atoms with Gasteiger partial charge in [0.05, 0.1) is 10.0 Å². The maximum Gasteiger partial charge on any atom is 0.134 e. The summed E-state index contributed by atoms with van der Waals surface area (Å²) in [7, 11) is 0. The molecule has 0 aromatic heterocycles. The average molecular weight is 295 g/mol. The predicted octanol–water partition coefficient (Wildman–Crippen LogP) is 4.97. The fourth-order valence-electron chi connectivity index (χ4n) is 1.70. The number of hydrogen-bond donors (Lipinski definition) is 2. The first-order valence-electron chi connectivity index (χ1n) is 5.63. The second-order valence-corrected chi connectivity index (χ2v) is 5.02. The normalized spacial score (nSPS) is 11.6. The Hall–Kier alpha value is -1.64. The van der Waals surface area contributed by atoms with E-state index in [0.29, 0.717) is 10.0 Å². The van der Waals surface area contributed by atoms with Gasteiger partial charge >= 0.3 is 0 Å². The number of allylic oxidation sites excluding steroid dienone is 1. The Labute approximate surface area is 121 Å². The van der Waals surface area contributed by atoms with E-state index in [9.17, 15) is 10.2 Å². The molecule has 2 N–H and O–H groups in total. The van der Waals surface area contributed by atoms with Crippen LogP contribution >= 0.6 is 23.2 Å². The van der Waals surface area contributed by atoms with Crippen LogP contribution in [0.3, 0.4) is 0 Å². The summed E-state index contributed by atoms with van der Waals surface area (Å²) in [5.41, 5.74) is 2.76. The fourth-order valence-corrected chi connectivity index (χ4v) is 2.07.